The largest absolute Gasteiger partial charge is 0.383 e. The first-order chi connectivity index (χ1) is 9.69. The minimum atomic E-state index is -0.340. The minimum absolute atomic E-state index is 0.327. The van der Waals surface area contributed by atoms with Gasteiger partial charge in [0, 0.05) is 24.2 Å². The van der Waals surface area contributed by atoms with Crippen molar-refractivity contribution < 1.29 is 9.13 Å². The maximum absolute atomic E-state index is 13.7. The molecule has 0 aliphatic carbocycles. The summed E-state index contributed by atoms with van der Waals surface area (Å²) in [7, 11) is 1.65. The van der Waals surface area contributed by atoms with E-state index in [4.69, 9.17) is 16.3 Å². The highest BCUT2D eigenvalue weighted by atomic mass is 35.5. The Kier molecular flexibility index (Phi) is 5.46. The smallest absolute Gasteiger partial charge is 0.164 e. The molecule has 0 atom stereocenters. The molecule has 7 heteroatoms. The summed E-state index contributed by atoms with van der Waals surface area (Å²) < 4.78 is 20.2. The zero-order valence-electron chi connectivity index (χ0n) is 11.1. The fourth-order valence-corrected chi connectivity index (χ4v) is 1.85. The zero-order chi connectivity index (χ0) is 14.4. The molecule has 0 spiro atoms. The number of ether oxygens (including phenoxy) is 1. The second-order valence-corrected chi connectivity index (χ2v) is 4.70. The van der Waals surface area contributed by atoms with Crippen LogP contribution in [0.4, 0.5) is 4.39 Å². The lowest BCUT2D eigenvalue weighted by atomic mass is 10.2. The fraction of sp³-hybridized carbons (Fsp3) is 0.385. The van der Waals surface area contributed by atoms with Crippen molar-refractivity contribution in [3.8, 4) is 0 Å². The Labute approximate surface area is 121 Å². The molecule has 1 aromatic heterocycles. The number of rotatable bonds is 7. The number of benzene rings is 1. The molecule has 5 nitrogen and oxygen atoms in total. The van der Waals surface area contributed by atoms with Gasteiger partial charge in [-0.05, 0) is 12.1 Å². The topological polar surface area (TPSA) is 52.0 Å². The second kappa shape index (κ2) is 7.33. The lowest BCUT2D eigenvalue weighted by molar-refractivity contribution is 0.199. The standard InChI is InChI=1S/C13H16ClFN4O/c1-20-5-4-16-7-13-17-9-19(18-13)8-10-2-3-11(14)6-12(10)15/h2-3,6,9,16H,4-5,7-8H2,1H3. The van der Waals surface area contributed by atoms with Gasteiger partial charge in [-0.1, -0.05) is 17.7 Å². The lowest BCUT2D eigenvalue weighted by Crippen LogP contribution is -2.19. The molecule has 20 heavy (non-hydrogen) atoms. The Hall–Kier alpha value is -1.50. The first-order valence-electron chi connectivity index (χ1n) is 6.21. The van der Waals surface area contributed by atoms with Crippen molar-refractivity contribution in [2.24, 2.45) is 0 Å². The number of hydrogen-bond donors (Lipinski definition) is 1. The van der Waals surface area contributed by atoms with E-state index >= 15 is 0 Å². The fourth-order valence-electron chi connectivity index (χ4n) is 1.69. The number of nitrogens with zero attached hydrogens (tertiary/aromatic N) is 3. The Morgan fingerprint density at radius 3 is 3.05 bits per heavy atom. The highest BCUT2D eigenvalue weighted by Crippen LogP contribution is 2.15. The molecule has 0 saturated carbocycles. The molecule has 108 valence electrons. The molecule has 2 rings (SSSR count). The van der Waals surface area contributed by atoms with Gasteiger partial charge in [-0.3, -0.25) is 0 Å². The van der Waals surface area contributed by atoms with E-state index in [2.05, 4.69) is 15.4 Å². The van der Waals surface area contributed by atoms with Crippen LogP contribution in [0.3, 0.4) is 0 Å². The van der Waals surface area contributed by atoms with Gasteiger partial charge >= 0.3 is 0 Å². The molecule has 0 aliphatic heterocycles. The van der Waals surface area contributed by atoms with Gasteiger partial charge in [0.2, 0.25) is 0 Å². The molecule has 1 heterocycles. The third-order valence-electron chi connectivity index (χ3n) is 2.70. The van der Waals surface area contributed by atoms with E-state index < -0.39 is 0 Å². The number of hydrogen-bond acceptors (Lipinski definition) is 4. The van der Waals surface area contributed by atoms with Gasteiger partial charge in [0.05, 0.1) is 19.7 Å². The van der Waals surface area contributed by atoms with Gasteiger partial charge in [0.15, 0.2) is 5.82 Å². The average Bonchev–Trinajstić information content (AvgIpc) is 2.86. The van der Waals surface area contributed by atoms with Crippen LogP contribution in [0.1, 0.15) is 11.4 Å². The van der Waals surface area contributed by atoms with E-state index in [1.165, 1.54) is 6.07 Å². The predicted molar refractivity (Wildman–Crippen MR) is 74.1 cm³/mol. The number of methoxy groups -OCH3 is 1. The van der Waals surface area contributed by atoms with Crippen LogP contribution in [-0.2, 0) is 17.8 Å². The van der Waals surface area contributed by atoms with Crippen LogP contribution in [0.2, 0.25) is 5.02 Å². The van der Waals surface area contributed by atoms with Crippen molar-refractivity contribution in [3.63, 3.8) is 0 Å². The summed E-state index contributed by atoms with van der Waals surface area (Å²) in [5.74, 6) is 0.322. The molecule has 0 unspecified atom stereocenters. The molecule has 0 radical (unpaired) electrons. The molecule has 0 bridgehead atoms. The molecular formula is C13H16ClFN4O. The summed E-state index contributed by atoms with van der Waals surface area (Å²) >= 11 is 5.71. The highest BCUT2D eigenvalue weighted by molar-refractivity contribution is 6.30. The first kappa shape index (κ1) is 14.9. The van der Waals surface area contributed by atoms with Crippen molar-refractivity contribution in [1.29, 1.82) is 0 Å². The molecule has 1 aromatic carbocycles. The molecule has 2 aromatic rings. The van der Waals surface area contributed by atoms with Gasteiger partial charge in [0.25, 0.3) is 0 Å². The van der Waals surface area contributed by atoms with Crippen LogP contribution in [-0.4, -0.2) is 35.0 Å². The lowest BCUT2D eigenvalue weighted by Gasteiger charge is -2.03. The Balaban J connectivity index is 1.92. The van der Waals surface area contributed by atoms with E-state index in [1.807, 2.05) is 0 Å². The van der Waals surface area contributed by atoms with E-state index in [0.29, 0.717) is 36.1 Å². The summed E-state index contributed by atoms with van der Waals surface area (Å²) in [6.45, 7) is 2.25. The summed E-state index contributed by atoms with van der Waals surface area (Å²) in [6.07, 6.45) is 1.58. The van der Waals surface area contributed by atoms with E-state index in [1.54, 1.807) is 30.3 Å². The quantitative estimate of drug-likeness (QED) is 0.793. The van der Waals surface area contributed by atoms with Crippen LogP contribution in [0, 0.1) is 5.82 Å². The van der Waals surface area contributed by atoms with Crippen molar-refractivity contribution in [2.75, 3.05) is 20.3 Å². The Morgan fingerprint density at radius 1 is 1.45 bits per heavy atom. The van der Waals surface area contributed by atoms with Crippen molar-refractivity contribution in [3.05, 3.63) is 46.8 Å². The SMILES string of the molecule is COCCNCc1ncn(Cc2ccc(Cl)cc2F)n1. The zero-order valence-corrected chi connectivity index (χ0v) is 11.9. The van der Waals surface area contributed by atoms with E-state index in [0.717, 1.165) is 6.54 Å². The molecule has 0 saturated heterocycles. The van der Waals surface area contributed by atoms with Crippen LogP contribution in [0.15, 0.2) is 24.5 Å². The third-order valence-corrected chi connectivity index (χ3v) is 2.93. The number of nitrogens with one attached hydrogen (secondary N) is 1. The van der Waals surface area contributed by atoms with Crippen LogP contribution >= 0.6 is 11.6 Å². The van der Waals surface area contributed by atoms with Gasteiger partial charge in [0.1, 0.15) is 12.1 Å². The van der Waals surface area contributed by atoms with Crippen LogP contribution < -0.4 is 5.32 Å². The first-order valence-corrected chi connectivity index (χ1v) is 6.58. The van der Waals surface area contributed by atoms with Gasteiger partial charge in [-0.2, -0.15) is 5.10 Å². The second-order valence-electron chi connectivity index (χ2n) is 4.26. The Morgan fingerprint density at radius 2 is 2.30 bits per heavy atom. The summed E-state index contributed by atoms with van der Waals surface area (Å²) in [5.41, 5.74) is 0.526. The minimum Gasteiger partial charge on any atom is -0.383 e. The number of aromatic nitrogens is 3. The molecule has 0 fully saturated rings. The molecule has 0 amide bonds. The third kappa shape index (κ3) is 4.26. The maximum atomic E-state index is 13.7. The molecule has 1 N–H and O–H groups in total. The average molecular weight is 299 g/mol. The maximum Gasteiger partial charge on any atom is 0.164 e. The van der Waals surface area contributed by atoms with Crippen molar-refractivity contribution in [2.45, 2.75) is 13.1 Å². The highest BCUT2D eigenvalue weighted by Gasteiger charge is 2.06. The van der Waals surface area contributed by atoms with Gasteiger partial charge in [-0.25, -0.2) is 14.1 Å². The normalized spacial score (nSPS) is 10.9. The summed E-state index contributed by atoms with van der Waals surface area (Å²) in [6, 6.07) is 4.60. The summed E-state index contributed by atoms with van der Waals surface area (Å²) in [4.78, 5) is 4.16. The van der Waals surface area contributed by atoms with Crippen LogP contribution in [0.25, 0.3) is 0 Å². The van der Waals surface area contributed by atoms with Crippen molar-refractivity contribution in [1.82, 2.24) is 20.1 Å². The van der Waals surface area contributed by atoms with E-state index in [9.17, 15) is 4.39 Å². The summed E-state index contributed by atoms with van der Waals surface area (Å²) in [5, 5.41) is 7.80. The van der Waals surface area contributed by atoms with Gasteiger partial charge < -0.3 is 10.1 Å². The number of halogens is 2. The predicted octanol–water partition coefficient (Wildman–Crippen LogP) is 1.85. The molecule has 0 aliphatic rings. The van der Waals surface area contributed by atoms with E-state index in [-0.39, 0.29) is 5.82 Å². The van der Waals surface area contributed by atoms with Gasteiger partial charge in [-0.15, -0.1) is 0 Å². The Bertz CT molecular complexity index is 561. The van der Waals surface area contributed by atoms with Crippen molar-refractivity contribution >= 4 is 11.6 Å². The monoisotopic (exact) mass is 298 g/mol. The van der Waals surface area contributed by atoms with Crippen LogP contribution in [0.5, 0.6) is 0 Å². The molecular weight excluding hydrogens is 283 g/mol.